The molecule has 2 aromatic heterocycles. The number of halogens is 1. The van der Waals surface area contributed by atoms with Crippen molar-refractivity contribution in [1.29, 1.82) is 0 Å². The van der Waals surface area contributed by atoms with E-state index in [0.29, 0.717) is 18.8 Å². The number of rotatable bonds is 1. The zero-order valence-electron chi connectivity index (χ0n) is 18.1. The maximum absolute atomic E-state index is 13.7. The van der Waals surface area contributed by atoms with E-state index in [9.17, 15) is 9.18 Å². The van der Waals surface area contributed by atoms with E-state index < -0.39 is 5.66 Å². The minimum Gasteiger partial charge on any atom is -0.309 e. The Morgan fingerprint density at radius 2 is 2.03 bits per heavy atom. The molecule has 4 heterocycles. The highest BCUT2D eigenvalue weighted by molar-refractivity contribution is 5.93. The van der Waals surface area contributed by atoms with Gasteiger partial charge in [-0.15, -0.1) is 0 Å². The number of benzene rings is 1. The van der Waals surface area contributed by atoms with Crippen molar-refractivity contribution >= 4 is 11.6 Å². The first kappa shape index (κ1) is 19.2. The highest BCUT2D eigenvalue weighted by Gasteiger charge is 2.55. The fraction of sp³-hybridized carbons (Fsp3) is 0.435. The fourth-order valence-corrected chi connectivity index (χ4v) is 4.86. The van der Waals surface area contributed by atoms with Crippen molar-refractivity contribution in [2.75, 3.05) is 19.6 Å². The van der Waals surface area contributed by atoms with Crippen molar-refractivity contribution in [1.82, 2.24) is 19.8 Å². The highest BCUT2D eigenvalue weighted by Crippen LogP contribution is 2.34. The van der Waals surface area contributed by atoms with Crippen molar-refractivity contribution < 1.29 is 13.8 Å². The molecule has 0 saturated carbocycles. The molecule has 1 N–H and O–H groups in total. The Morgan fingerprint density at radius 3 is 2.73 bits per heavy atom. The van der Waals surface area contributed by atoms with E-state index in [-0.39, 0.29) is 17.1 Å². The molecule has 1 unspecified atom stereocenters. The Morgan fingerprint density at radius 1 is 1.27 bits per heavy atom. The Hall–Kier alpha value is -2.80. The minimum absolute atomic E-state index is 0.0453. The molecule has 2 aliphatic heterocycles. The summed E-state index contributed by atoms with van der Waals surface area (Å²) in [7, 11) is 0. The Kier molecular flexibility index (Phi) is 3.90. The molecule has 30 heavy (non-hydrogen) atoms. The summed E-state index contributed by atoms with van der Waals surface area (Å²) in [6, 6.07) is 6.86. The molecular formula is C23H27FN5O+. The number of aromatic nitrogens is 3. The number of nitrogens with one attached hydrogen (secondary N) is 1. The summed E-state index contributed by atoms with van der Waals surface area (Å²) >= 11 is 0. The number of hydrogen-bond donors (Lipinski definition) is 1. The van der Waals surface area contributed by atoms with Gasteiger partial charge in [-0.1, -0.05) is 30.4 Å². The third-order valence-electron chi connectivity index (χ3n) is 6.42. The van der Waals surface area contributed by atoms with Gasteiger partial charge in [-0.3, -0.25) is 9.69 Å². The first-order valence-electron chi connectivity index (χ1n) is 10.4. The van der Waals surface area contributed by atoms with E-state index in [0.717, 1.165) is 34.6 Å². The van der Waals surface area contributed by atoms with Crippen LogP contribution in [0.5, 0.6) is 0 Å². The predicted molar refractivity (Wildman–Crippen MR) is 112 cm³/mol. The second kappa shape index (κ2) is 6.11. The minimum atomic E-state index is -0.464. The van der Waals surface area contributed by atoms with Crippen LogP contribution in [0.15, 0.2) is 30.5 Å². The molecule has 0 bridgehead atoms. The van der Waals surface area contributed by atoms with Crippen molar-refractivity contribution in [3.8, 4) is 11.3 Å². The summed E-state index contributed by atoms with van der Waals surface area (Å²) in [6.45, 7) is 12.7. The quantitative estimate of drug-likeness (QED) is 0.630. The van der Waals surface area contributed by atoms with Crippen LogP contribution in [0.25, 0.3) is 16.9 Å². The molecule has 1 amide bonds. The lowest BCUT2D eigenvalue weighted by Gasteiger charge is -2.37. The Bertz CT molecular complexity index is 1210. The summed E-state index contributed by atoms with van der Waals surface area (Å²) in [5.41, 5.74) is 4.55. The summed E-state index contributed by atoms with van der Waals surface area (Å²) in [5.74, 6) is -0.212. The van der Waals surface area contributed by atoms with Crippen LogP contribution in [0.2, 0.25) is 0 Å². The summed E-state index contributed by atoms with van der Waals surface area (Å²) in [5, 5.41) is 8.30. The van der Waals surface area contributed by atoms with Crippen LogP contribution in [0.4, 0.5) is 4.39 Å². The standard InChI is InChI=1S/C23H27FN5O/c1-14-10-15(24)6-7-16(14)18-11-17(22(2,3)4)20-28(26-18)12-19-21(30)27-9-8-25-13-23(27,5)29(19)20/h6-7,10-12,25H,8-9,13H2,1-5H3/q+1. The van der Waals surface area contributed by atoms with E-state index in [1.54, 1.807) is 6.07 Å². The molecule has 2 aliphatic rings. The SMILES string of the molecule is Cc1cc(F)ccc1-c1cc(C(C)(C)C)c2n(cc3[n+]2C2(C)CNCCN2C3=O)n1. The van der Waals surface area contributed by atoms with Crippen LogP contribution >= 0.6 is 0 Å². The fourth-order valence-electron chi connectivity index (χ4n) is 4.86. The van der Waals surface area contributed by atoms with Gasteiger partial charge in [-0.05, 0) is 42.2 Å². The maximum Gasteiger partial charge on any atom is 0.313 e. The normalized spacial score (nSPS) is 21.3. The molecule has 1 saturated heterocycles. The molecule has 0 aliphatic carbocycles. The van der Waals surface area contributed by atoms with Crippen LogP contribution in [0.3, 0.4) is 0 Å². The number of hydrogen-bond acceptors (Lipinski definition) is 3. The van der Waals surface area contributed by atoms with Gasteiger partial charge in [0.05, 0.1) is 12.1 Å². The smallest absolute Gasteiger partial charge is 0.309 e. The zero-order chi connectivity index (χ0) is 21.4. The molecule has 0 spiro atoms. The van der Waals surface area contributed by atoms with E-state index >= 15 is 0 Å². The highest BCUT2D eigenvalue weighted by atomic mass is 19.1. The van der Waals surface area contributed by atoms with E-state index in [2.05, 4.69) is 43.6 Å². The van der Waals surface area contributed by atoms with E-state index in [4.69, 9.17) is 5.10 Å². The number of imidazole rings is 1. The topological polar surface area (TPSA) is 53.5 Å². The van der Waals surface area contributed by atoms with Gasteiger partial charge in [0.1, 0.15) is 11.5 Å². The maximum atomic E-state index is 13.7. The summed E-state index contributed by atoms with van der Waals surface area (Å²) in [4.78, 5) is 15.2. The van der Waals surface area contributed by atoms with Crippen LogP contribution in [-0.4, -0.2) is 40.1 Å². The second-order valence-electron chi connectivity index (χ2n) is 9.62. The van der Waals surface area contributed by atoms with Gasteiger partial charge in [0.2, 0.25) is 5.69 Å². The number of nitrogens with zero attached hydrogens (tertiary/aromatic N) is 4. The van der Waals surface area contributed by atoms with Crippen molar-refractivity contribution in [2.45, 2.75) is 45.7 Å². The Labute approximate surface area is 175 Å². The average molecular weight is 409 g/mol. The first-order chi connectivity index (χ1) is 14.1. The van der Waals surface area contributed by atoms with E-state index in [1.807, 2.05) is 22.5 Å². The molecule has 1 fully saturated rings. The Balaban J connectivity index is 1.82. The average Bonchev–Trinajstić information content (AvgIpc) is 3.15. The zero-order valence-corrected chi connectivity index (χ0v) is 18.1. The lowest BCUT2D eigenvalue weighted by molar-refractivity contribution is -0.747. The van der Waals surface area contributed by atoms with Gasteiger partial charge in [0.15, 0.2) is 11.9 Å². The van der Waals surface area contributed by atoms with Gasteiger partial charge in [-0.2, -0.15) is 4.57 Å². The largest absolute Gasteiger partial charge is 0.313 e. The molecule has 3 aromatic rings. The summed E-state index contributed by atoms with van der Waals surface area (Å²) < 4.78 is 17.6. The van der Waals surface area contributed by atoms with E-state index in [1.165, 1.54) is 12.1 Å². The molecule has 156 valence electrons. The predicted octanol–water partition coefficient (Wildman–Crippen LogP) is 2.77. The van der Waals surface area contributed by atoms with Gasteiger partial charge in [-0.25, -0.2) is 4.39 Å². The number of carbonyl (C=O) groups excluding carboxylic acids is 1. The second-order valence-corrected chi connectivity index (χ2v) is 9.62. The number of aryl methyl sites for hydroxylation is 1. The van der Waals surface area contributed by atoms with Crippen molar-refractivity contribution in [3.63, 3.8) is 0 Å². The monoisotopic (exact) mass is 408 g/mol. The number of fused-ring (bicyclic) bond motifs is 5. The number of piperazine rings is 1. The first-order valence-corrected chi connectivity index (χ1v) is 10.4. The van der Waals surface area contributed by atoms with Gasteiger partial charge in [0.25, 0.3) is 0 Å². The van der Waals surface area contributed by atoms with Gasteiger partial charge in [0, 0.05) is 25.6 Å². The van der Waals surface area contributed by atoms with Crippen LogP contribution in [-0.2, 0) is 11.1 Å². The molecule has 6 nitrogen and oxygen atoms in total. The van der Waals surface area contributed by atoms with Crippen molar-refractivity contribution in [3.05, 3.63) is 53.1 Å². The molecule has 1 atom stereocenters. The number of carbonyl (C=O) groups is 1. The molecule has 7 heteroatoms. The molecule has 5 rings (SSSR count). The van der Waals surface area contributed by atoms with Crippen molar-refractivity contribution in [2.24, 2.45) is 0 Å². The molecular weight excluding hydrogens is 381 g/mol. The van der Waals surface area contributed by atoms with Crippen LogP contribution in [0, 0.1) is 12.7 Å². The molecule has 1 aromatic carbocycles. The van der Waals surface area contributed by atoms with Gasteiger partial charge < -0.3 is 5.32 Å². The number of amides is 1. The third kappa shape index (κ3) is 2.54. The summed E-state index contributed by atoms with van der Waals surface area (Å²) in [6.07, 6.45) is 1.85. The lowest BCUT2D eigenvalue weighted by Crippen LogP contribution is -2.68. The lowest BCUT2D eigenvalue weighted by atomic mass is 9.86. The van der Waals surface area contributed by atoms with Gasteiger partial charge >= 0.3 is 11.6 Å². The van der Waals surface area contributed by atoms with Crippen LogP contribution < -0.4 is 9.88 Å². The molecule has 0 radical (unpaired) electrons. The van der Waals surface area contributed by atoms with Crippen LogP contribution in [0.1, 0.15) is 49.3 Å². The third-order valence-corrected chi connectivity index (χ3v) is 6.42.